The van der Waals surface area contributed by atoms with E-state index >= 15 is 0 Å². The zero-order chi connectivity index (χ0) is 22.6. The zero-order valence-electron chi connectivity index (χ0n) is 17.8. The maximum Gasteiger partial charge on any atom is 0.325 e. The summed E-state index contributed by atoms with van der Waals surface area (Å²) in [5, 5.41) is 5.75. The predicted molar refractivity (Wildman–Crippen MR) is 122 cm³/mol. The van der Waals surface area contributed by atoms with Crippen molar-refractivity contribution in [3.63, 3.8) is 0 Å². The van der Waals surface area contributed by atoms with Crippen molar-refractivity contribution in [1.82, 2.24) is 15.5 Å². The highest BCUT2D eigenvalue weighted by Crippen LogP contribution is 2.33. The number of imide groups is 1. The van der Waals surface area contributed by atoms with E-state index in [4.69, 9.17) is 0 Å². The second kappa shape index (κ2) is 9.06. The van der Waals surface area contributed by atoms with Gasteiger partial charge in [-0.15, -0.1) is 0 Å². The average Bonchev–Trinajstić information content (AvgIpc) is 3.05. The second-order valence-corrected chi connectivity index (χ2v) is 7.96. The van der Waals surface area contributed by atoms with Crippen LogP contribution in [0.5, 0.6) is 0 Å². The highest BCUT2D eigenvalue weighted by Gasteiger charge is 2.52. The van der Waals surface area contributed by atoms with Crippen molar-refractivity contribution >= 4 is 17.8 Å². The van der Waals surface area contributed by atoms with Crippen molar-refractivity contribution in [2.24, 2.45) is 0 Å². The number of carbonyl (C=O) groups is 3. The minimum atomic E-state index is -1.26. The molecule has 0 aromatic heterocycles. The molecule has 3 aromatic carbocycles. The fourth-order valence-corrected chi connectivity index (χ4v) is 4.07. The lowest BCUT2D eigenvalue weighted by Crippen LogP contribution is -2.47. The summed E-state index contributed by atoms with van der Waals surface area (Å²) in [4.78, 5) is 40.2. The number of hydrogen-bond donors (Lipinski definition) is 2. The molecule has 1 heterocycles. The highest BCUT2D eigenvalue weighted by molar-refractivity contribution is 6.09. The molecule has 2 atom stereocenters. The van der Waals surface area contributed by atoms with Crippen LogP contribution in [-0.2, 0) is 21.5 Å². The normalized spacial score (nSPS) is 18.8. The van der Waals surface area contributed by atoms with Crippen LogP contribution in [0, 0.1) is 0 Å². The Balaban J connectivity index is 1.56. The number of amides is 4. The molecule has 1 saturated heterocycles. The molecular formula is C26H25N3O3. The Morgan fingerprint density at radius 1 is 0.906 bits per heavy atom. The van der Waals surface area contributed by atoms with Gasteiger partial charge in [-0.2, -0.15) is 0 Å². The number of nitrogens with one attached hydrogen (secondary N) is 2. The third kappa shape index (κ3) is 4.25. The summed E-state index contributed by atoms with van der Waals surface area (Å²) < 4.78 is 0. The SMILES string of the molecule is CC(NC(=O)CN1C(=O)NC(Cc2ccccc2)(c2ccccc2)C1=O)c1ccccc1. The van der Waals surface area contributed by atoms with Crippen molar-refractivity contribution in [3.8, 4) is 0 Å². The van der Waals surface area contributed by atoms with Crippen LogP contribution in [-0.4, -0.2) is 29.3 Å². The molecule has 1 fully saturated rings. The lowest BCUT2D eigenvalue weighted by molar-refractivity contribution is -0.135. The Morgan fingerprint density at radius 3 is 2.09 bits per heavy atom. The summed E-state index contributed by atoms with van der Waals surface area (Å²) in [6.45, 7) is 1.52. The predicted octanol–water partition coefficient (Wildman–Crippen LogP) is 3.55. The van der Waals surface area contributed by atoms with Crippen LogP contribution in [0.15, 0.2) is 91.0 Å². The number of hydrogen-bond acceptors (Lipinski definition) is 3. The topological polar surface area (TPSA) is 78.5 Å². The summed E-state index contributed by atoms with van der Waals surface area (Å²) >= 11 is 0. The first-order valence-corrected chi connectivity index (χ1v) is 10.6. The van der Waals surface area contributed by atoms with E-state index in [0.717, 1.165) is 16.0 Å². The Labute approximate surface area is 187 Å². The average molecular weight is 428 g/mol. The largest absolute Gasteiger partial charge is 0.348 e. The van der Waals surface area contributed by atoms with Gasteiger partial charge in [0.25, 0.3) is 5.91 Å². The van der Waals surface area contributed by atoms with Crippen molar-refractivity contribution < 1.29 is 14.4 Å². The van der Waals surface area contributed by atoms with Gasteiger partial charge in [-0.25, -0.2) is 4.79 Å². The van der Waals surface area contributed by atoms with Crippen LogP contribution in [0.4, 0.5) is 4.79 Å². The van der Waals surface area contributed by atoms with E-state index in [1.54, 1.807) is 0 Å². The molecule has 0 bridgehead atoms. The maximum atomic E-state index is 13.6. The molecule has 0 spiro atoms. The van der Waals surface area contributed by atoms with E-state index in [0.29, 0.717) is 12.0 Å². The van der Waals surface area contributed by atoms with Crippen LogP contribution in [0.1, 0.15) is 29.7 Å². The van der Waals surface area contributed by atoms with Crippen molar-refractivity contribution in [3.05, 3.63) is 108 Å². The Bertz CT molecular complexity index is 1100. The van der Waals surface area contributed by atoms with E-state index in [-0.39, 0.29) is 12.6 Å². The summed E-state index contributed by atoms with van der Waals surface area (Å²) in [5.74, 6) is -0.825. The van der Waals surface area contributed by atoms with Crippen LogP contribution < -0.4 is 10.6 Å². The minimum absolute atomic E-state index is 0.243. The first-order valence-electron chi connectivity index (χ1n) is 10.6. The Morgan fingerprint density at radius 2 is 1.47 bits per heavy atom. The molecule has 32 heavy (non-hydrogen) atoms. The van der Waals surface area contributed by atoms with Gasteiger partial charge < -0.3 is 10.6 Å². The number of nitrogens with zero attached hydrogens (tertiary/aromatic N) is 1. The molecule has 4 rings (SSSR count). The van der Waals surface area contributed by atoms with Gasteiger partial charge in [-0.3, -0.25) is 14.5 Å². The lowest BCUT2D eigenvalue weighted by Gasteiger charge is -2.27. The van der Waals surface area contributed by atoms with E-state index in [1.165, 1.54) is 0 Å². The van der Waals surface area contributed by atoms with Gasteiger partial charge in [-0.05, 0) is 23.6 Å². The van der Waals surface area contributed by atoms with Crippen molar-refractivity contribution in [1.29, 1.82) is 0 Å². The molecule has 0 radical (unpaired) electrons. The van der Waals surface area contributed by atoms with Gasteiger partial charge in [0.2, 0.25) is 5.91 Å². The van der Waals surface area contributed by atoms with Crippen molar-refractivity contribution in [2.75, 3.05) is 6.54 Å². The molecular weight excluding hydrogens is 402 g/mol. The monoisotopic (exact) mass is 427 g/mol. The molecule has 0 saturated carbocycles. The van der Waals surface area contributed by atoms with Crippen molar-refractivity contribution in [2.45, 2.75) is 24.9 Å². The van der Waals surface area contributed by atoms with Crippen LogP contribution in [0.25, 0.3) is 0 Å². The van der Waals surface area contributed by atoms with Gasteiger partial charge in [0.05, 0.1) is 6.04 Å². The summed E-state index contributed by atoms with van der Waals surface area (Å²) in [6.07, 6.45) is 0.293. The third-order valence-corrected chi connectivity index (χ3v) is 5.73. The second-order valence-electron chi connectivity index (χ2n) is 7.96. The van der Waals surface area contributed by atoms with Crippen LogP contribution in [0.2, 0.25) is 0 Å². The number of carbonyl (C=O) groups excluding carboxylic acids is 3. The zero-order valence-corrected chi connectivity index (χ0v) is 17.8. The number of urea groups is 1. The fraction of sp³-hybridized carbons (Fsp3) is 0.192. The highest BCUT2D eigenvalue weighted by atomic mass is 16.2. The van der Waals surface area contributed by atoms with Gasteiger partial charge >= 0.3 is 6.03 Å². The Hall–Kier alpha value is -3.93. The standard InChI is InChI=1S/C26H25N3O3/c1-19(21-13-7-3-8-14-21)27-23(30)18-29-24(31)26(28-25(29)32,22-15-9-4-10-16-22)17-20-11-5-2-6-12-20/h2-16,19H,17-18H2,1H3,(H,27,30)(H,28,32). The molecule has 6 heteroatoms. The Kier molecular flexibility index (Phi) is 6.03. The van der Waals surface area contributed by atoms with E-state index in [2.05, 4.69) is 10.6 Å². The van der Waals surface area contributed by atoms with Gasteiger partial charge in [0, 0.05) is 6.42 Å². The molecule has 0 aliphatic carbocycles. The molecule has 162 valence electrons. The molecule has 2 N–H and O–H groups in total. The first kappa shape index (κ1) is 21.3. The van der Waals surface area contributed by atoms with E-state index in [9.17, 15) is 14.4 Å². The molecule has 2 unspecified atom stereocenters. The van der Waals surface area contributed by atoms with Gasteiger partial charge in [-0.1, -0.05) is 91.0 Å². The molecule has 1 aliphatic rings. The van der Waals surface area contributed by atoms with E-state index < -0.39 is 23.4 Å². The first-order chi connectivity index (χ1) is 15.5. The van der Waals surface area contributed by atoms with E-state index in [1.807, 2.05) is 97.9 Å². The minimum Gasteiger partial charge on any atom is -0.348 e. The summed E-state index contributed by atoms with van der Waals surface area (Å²) in [7, 11) is 0. The third-order valence-electron chi connectivity index (χ3n) is 5.73. The summed E-state index contributed by atoms with van der Waals surface area (Å²) in [6, 6.07) is 27.4. The smallest absolute Gasteiger partial charge is 0.325 e. The number of rotatable bonds is 7. The lowest BCUT2D eigenvalue weighted by atomic mass is 9.83. The molecule has 6 nitrogen and oxygen atoms in total. The van der Waals surface area contributed by atoms with Gasteiger partial charge in [0.1, 0.15) is 6.54 Å². The summed E-state index contributed by atoms with van der Waals surface area (Å²) in [5.41, 5.74) is 1.28. The van der Waals surface area contributed by atoms with Crippen LogP contribution in [0.3, 0.4) is 0 Å². The molecule has 4 amide bonds. The fourth-order valence-electron chi connectivity index (χ4n) is 4.07. The maximum absolute atomic E-state index is 13.6. The molecule has 1 aliphatic heterocycles. The quantitative estimate of drug-likeness (QED) is 0.566. The molecule has 3 aromatic rings. The van der Waals surface area contributed by atoms with Crippen LogP contribution >= 0.6 is 0 Å². The number of benzene rings is 3. The van der Waals surface area contributed by atoms with Gasteiger partial charge in [0.15, 0.2) is 5.54 Å².